The van der Waals surface area contributed by atoms with Crippen LogP contribution in [0, 0.1) is 0 Å². The Hall–Kier alpha value is -2.51. The van der Waals surface area contributed by atoms with Crippen molar-refractivity contribution in [3.63, 3.8) is 0 Å². The highest BCUT2D eigenvalue weighted by molar-refractivity contribution is 7.14. The van der Waals surface area contributed by atoms with E-state index in [2.05, 4.69) is 47.6 Å². The Morgan fingerprint density at radius 2 is 2.07 bits per heavy atom. The fraction of sp³-hybridized carbons (Fsp3) is 0.348. The summed E-state index contributed by atoms with van der Waals surface area (Å²) in [5.74, 6) is 0.0419. The Morgan fingerprint density at radius 3 is 2.73 bits per heavy atom. The van der Waals surface area contributed by atoms with E-state index in [0.29, 0.717) is 23.8 Å². The van der Waals surface area contributed by atoms with Crippen molar-refractivity contribution in [2.24, 2.45) is 0 Å². The van der Waals surface area contributed by atoms with E-state index in [1.165, 1.54) is 16.9 Å². The standard InChI is InChI=1S/C23H25N3O2S2/c1-2-5-16-8-10-17(11-9-16)22(19-6-4-13-29-19)25-20(27)14-18-15-30-23(24-18)26-12-3-7-21(26)28/h4,6,8-11,13,15,22H,2-3,5,7,12,14H2,1H3,(H,25,27). The molecule has 7 heteroatoms. The fourth-order valence-corrected chi connectivity index (χ4v) is 5.34. The van der Waals surface area contributed by atoms with Crippen molar-refractivity contribution in [1.82, 2.24) is 10.3 Å². The Morgan fingerprint density at radius 1 is 1.23 bits per heavy atom. The summed E-state index contributed by atoms with van der Waals surface area (Å²) in [4.78, 5) is 32.1. The van der Waals surface area contributed by atoms with Gasteiger partial charge in [0.05, 0.1) is 18.2 Å². The van der Waals surface area contributed by atoms with Gasteiger partial charge in [-0.15, -0.1) is 22.7 Å². The zero-order valence-electron chi connectivity index (χ0n) is 17.0. The van der Waals surface area contributed by atoms with Crippen LogP contribution in [0.3, 0.4) is 0 Å². The van der Waals surface area contributed by atoms with Crippen molar-refractivity contribution in [3.05, 3.63) is 68.9 Å². The number of carbonyl (C=O) groups is 2. The van der Waals surface area contributed by atoms with E-state index in [9.17, 15) is 9.59 Å². The third kappa shape index (κ3) is 4.79. The lowest BCUT2D eigenvalue weighted by atomic mass is 10.0. The fourth-order valence-electron chi connectivity index (χ4n) is 3.67. The molecule has 0 radical (unpaired) electrons. The second kappa shape index (κ2) is 9.53. The van der Waals surface area contributed by atoms with Crippen LogP contribution in [0.4, 0.5) is 5.13 Å². The van der Waals surface area contributed by atoms with Crippen molar-refractivity contribution < 1.29 is 9.59 Å². The first kappa shape index (κ1) is 20.8. The third-order valence-electron chi connectivity index (χ3n) is 5.17. The highest BCUT2D eigenvalue weighted by atomic mass is 32.1. The predicted molar refractivity (Wildman–Crippen MR) is 122 cm³/mol. The smallest absolute Gasteiger partial charge is 0.228 e. The molecule has 1 saturated heterocycles. The van der Waals surface area contributed by atoms with Crippen LogP contribution in [0.2, 0.25) is 0 Å². The number of thiazole rings is 1. The molecular formula is C23H25N3O2S2. The quantitative estimate of drug-likeness (QED) is 0.552. The maximum Gasteiger partial charge on any atom is 0.228 e. The maximum atomic E-state index is 12.8. The maximum absolute atomic E-state index is 12.8. The molecule has 0 bridgehead atoms. The Bertz CT molecular complexity index is 996. The second-order valence-corrected chi connectivity index (χ2v) is 9.27. The van der Waals surface area contributed by atoms with Gasteiger partial charge in [-0.25, -0.2) is 4.98 Å². The normalized spacial score (nSPS) is 14.8. The van der Waals surface area contributed by atoms with Crippen LogP contribution in [0.25, 0.3) is 0 Å². The van der Waals surface area contributed by atoms with Crippen LogP contribution in [0.5, 0.6) is 0 Å². The molecule has 2 amide bonds. The molecule has 1 aliphatic heterocycles. The Balaban J connectivity index is 1.46. The van der Waals surface area contributed by atoms with Crippen molar-refractivity contribution in [1.29, 1.82) is 0 Å². The number of hydrogen-bond acceptors (Lipinski definition) is 5. The third-order valence-corrected chi connectivity index (χ3v) is 7.02. The van der Waals surface area contributed by atoms with Crippen molar-refractivity contribution in [2.45, 2.75) is 45.1 Å². The van der Waals surface area contributed by atoms with Gasteiger partial charge < -0.3 is 5.32 Å². The average Bonchev–Trinajstić information content (AvgIpc) is 3.49. The van der Waals surface area contributed by atoms with Gasteiger partial charge in [0.15, 0.2) is 5.13 Å². The van der Waals surface area contributed by atoms with Crippen molar-refractivity contribution >= 4 is 39.6 Å². The van der Waals surface area contributed by atoms with Gasteiger partial charge in [-0.3, -0.25) is 14.5 Å². The summed E-state index contributed by atoms with van der Waals surface area (Å²) >= 11 is 3.07. The summed E-state index contributed by atoms with van der Waals surface area (Å²) in [6.07, 6.45) is 3.82. The number of hydrogen-bond donors (Lipinski definition) is 1. The molecule has 0 saturated carbocycles. The molecule has 4 rings (SSSR count). The molecule has 156 valence electrons. The van der Waals surface area contributed by atoms with Crippen molar-refractivity contribution in [3.8, 4) is 0 Å². The SMILES string of the molecule is CCCc1ccc(C(NC(=O)Cc2csc(N3CCCC3=O)n2)c2cccs2)cc1. The molecule has 0 spiro atoms. The van der Waals surface area contributed by atoms with Crippen molar-refractivity contribution in [2.75, 3.05) is 11.4 Å². The van der Waals surface area contributed by atoms with E-state index in [1.807, 2.05) is 16.8 Å². The lowest BCUT2D eigenvalue weighted by Gasteiger charge is -2.18. The van der Waals surface area contributed by atoms with E-state index in [1.54, 1.807) is 16.2 Å². The first-order valence-electron chi connectivity index (χ1n) is 10.3. The van der Waals surface area contributed by atoms with Gasteiger partial charge in [0.2, 0.25) is 11.8 Å². The van der Waals surface area contributed by atoms with Gasteiger partial charge in [0, 0.05) is 23.2 Å². The summed E-state index contributed by atoms with van der Waals surface area (Å²) in [6.45, 7) is 2.89. The number of nitrogens with one attached hydrogen (secondary N) is 1. The molecule has 1 N–H and O–H groups in total. The highest BCUT2D eigenvalue weighted by Gasteiger charge is 2.25. The van der Waals surface area contributed by atoms with E-state index < -0.39 is 0 Å². The number of amides is 2. The average molecular weight is 440 g/mol. The molecule has 1 atom stereocenters. The summed E-state index contributed by atoms with van der Waals surface area (Å²) in [5.41, 5.74) is 3.09. The molecule has 0 aliphatic carbocycles. The minimum Gasteiger partial charge on any atom is -0.344 e. The van der Waals surface area contributed by atoms with E-state index in [4.69, 9.17) is 0 Å². The number of aromatic nitrogens is 1. The molecule has 30 heavy (non-hydrogen) atoms. The number of aryl methyl sites for hydroxylation is 1. The topological polar surface area (TPSA) is 62.3 Å². The van der Waals surface area contributed by atoms with Crippen LogP contribution in [0.15, 0.2) is 47.2 Å². The number of thiophene rings is 1. The second-order valence-electron chi connectivity index (χ2n) is 7.45. The number of rotatable bonds is 8. The van der Waals surface area contributed by atoms with Crippen LogP contribution >= 0.6 is 22.7 Å². The number of carbonyl (C=O) groups excluding carboxylic acids is 2. The summed E-state index contributed by atoms with van der Waals surface area (Å²) < 4.78 is 0. The van der Waals surface area contributed by atoms with E-state index >= 15 is 0 Å². The minimum absolute atomic E-state index is 0.0735. The zero-order valence-corrected chi connectivity index (χ0v) is 18.6. The number of benzene rings is 1. The lowest BCUT2D eigenvalue weighted by Crippen LogP contribution is -2.30. The molecule has 5 nitrogen and oxygen atoms in total. The highest BCUT2D eigenvalue weighted by Crippen LogP contribution is 2.28. The van der Waals surface area contributed by atoms with E-state index in [0.717, 1.165) is 29.7 Å². The van der Waals surface area contributed by atoms with Crippen LogP contribution in [-0.4, -0.2) is 23.3 Å². The Kier molecular flexibility index (Phi) is 6.59. The number of nitrogens with zero attached hydrogens (tertiary/aromatic N) is 2. The van der Waals surface area contributed by atoms with Gasteiger partial charge in [-0.1, -0.05) is 43.7 Å². The largest absolute Gasteiger partial charge is 0.344 e. The summed E-state index contributed by atoms with van der Waals surface area (Å²) in [6, 6.07) is 12.4. The summed E-state index contributed by atoms with van der Waals surface area (Å²) in [5, 5.41) is 7.78. The van der Waals surface area contributed by atoms with Crippen LogP contribution < -0.4 is 10.2 Å². The van der Waals surface area contributed by atoms with E-state index in [-0.39, 0.29) is 24.3 Å². The van der Waals surface area contributed by atoms with Gasteiger partial charge in [-0.2, -0.15) is 0 Å². The molecule has 3 heterocycles. The van der Waals surface area contributed by atoms with Gasteiger partial charge in [-0.05, 0) is 35.4 Å². The first-order chi connectivity index (χ1) is 14.6. The molecule has 1 aromatic carbocycles. The first-order valence-corrected chi connectivity index (χ1v) is 12.1. The van der Waals surface area contributed by atoms with Crippen LogP contribution in [0.1, 0.15) is 53.9 Å². The zero-order chi connectivity index (χ0) is 20.9. The monoisotopic (exact) mass is 439 g/mol. The number of anilines is 1. The molecule has 1 aliphatic rings. The molecule has 1 fully saturated rings. The Labute approximate surface area is 184 Å². The molecule has 2 aromatic heterocycles. The minimum atomic E-state index is -0.175. The van der Waals surface area contributed by atoms with Gasteiger partial charge >= 0.3 is 0 Å². The molecular weight excluding hydrogens is 414 g/mol. The lowest BCUT2D eigenvalue weighted by molar-refractivity contribution is -0.121. The van der Waals surface area contributed by atoms with Crippen LogP contribution in [-0.2, 0) is 22.4 Å². The molecule has 3 aromatic rings. The summed E-state index contributed by atoms with van der Waals surface area (Å²) in [7, 11) is 0. The van der Waals surface area contributed by atoms with Gasteiger partial charge in [0.1, 0.15) is 0 Å². The molecule has 1 unspecified atom stereocenters. The predicted octanol–water partition coefficient (Wildman–Crippen LogP) is 4.73. The van der Waals surface area contributed by atoms with Gasteiger partial charge in [0.25, 0.3) is 0 Å².